The average molecular weight is 538 g/mol. The van der Waals surface area contributed by atoms with Crippen LogP contribution in [0.3, 0.4) is 0 Å². The molecule has 8 nitrogen and oxygen atoms in total. The fourth-order valence-electron chi connectivity index (χ4n) is 3.89. The molecule has 38 heavy (non-hydrogen) atoms. The Labute approximate surface area is 225 Å². The Morgan fingerprint density at radius 3 is 2.18 bits per heavy atom. The van der Waals surface area contributed by atoms with Gasteiger partial charge in [-0.1, -0.05) is 54.1 Å². The third-order valence-corrected chi connectivity index (χ3v) is 7.81. The van der Waals surface area contributed by atoms with Crippen molar-refractivity contribution in [2.24, 2.45) is 0 Å². The molecule has 0 saturated carbocycles. The van der Waals surface area contributed by atoms with Crippen LogP contribution in [0.4, 0.5) is 5.69 Å². The molecule has 0 fully saturated rings. The molecule has 0 unspecified atom stereocenters. The molecule has 1 atom stereocenters. The van der Waals surface area contributed by atoms with Crippen molar-refractivity contribution in [3.8, 4) is 5.75 Å². The zero-order valence-electron chi connectivity index (χ0n) is 22.4. The van der Waals surface area contributed by atoms with Crippen LogP contribution < -0.4 is 14.4 Å². The highest BCUT2D eigenvalue weighted by atomic mass is 32.2. The van der Waals surface area contributed by atoms with E-state index in [-0.39, 0.29) is 29.1 Å². The van der Waals surface area contributed by atoms with Crippen molar-refractivity contribution in [2.45, 2.75) is 51.2 Å². The molecule has 202 valence electrons. The van der Waals surface area contributed by atoms with Crippen molar-refractivity contribution in [1.82, 2.24) is 10.2 Å². The molecule has 0 aliphatic rings. The lowest BCUT2D eigenvalue weighted by molar-refractivity contribution is -0.139. The maximum atomic E-state index is 13.9. The summed E-state index contributed by atoms with van der Waals surface area (Å²) in [5.74, 6) is -0.386. The quantitative estimate of drug-likeness (QED) is 0.397. The number of aryl methyl sites for hydroxylation is 1. The van der Waals surface area contributed by atoms with Gasteiger partial charge in [0.05, 0.1) is 17.7 Å². The maximum Gasteiger partial charge on any atom is 0.264 e. The first-order chi connectivity index (χ1) is 18.0. The van der Waals surface area contributed by atoms with Gasteiger partial charge in [0.1, 0.15) is 18.3 Å². The number of nitrogens with zero attached hydrogens (tertiary/aromatic N) is 2. The SMILES string of the molecule is COc1cccc(N(CC(=O)N(Cc2ccc(C)cc2)[C@H](C)C(=O)NC(C)C)S(=O)(=O)c2ccccc2)c1. The number of hydrogen-bond donors (Lipinski definition) is 1. The molecule has 0 radical (unpaired) electrons. The molecule has 9 heteroatoms. The third-order valence-electron chi connectivity index (χ3n) is 6.02. The van der Waals surface area contributed by atoms with Crippen LogP contribution in [0.1, 0.15) is 31.9 Å². The van der Waals surface area contributed by atoms with Crippen molar-refractivity contribution in [1.29, 1.82) is 0 Å². The van der Waals surface area contributed by atoms with Gasteiger partial charge in [-0.2, -0.15) is 0 Å². The smallest absolute Gasteiger partial charge is 0.264 e. The second kappa shape index (κ2) is 12.6. The molecule has 0 saturated heterocycles. The number of ether oxygens (including phenoxy) is 1. The van der Waals surface area contributed by atoms with Crippen molar-refractivity contribution < 1.29 is 22.7 Å². The van der Waals surface area contributed by atoms with Crippen LogP contribution in [-0.2, 0) is 26.2 Å². The number of amides is 2. The summed E-state index contributed by atoms with van der Waals surface area (Å²) in [5, 5.41) is 2.85. The minimum atomic E-state index is -4.12. The van der Waals surface area contributed by atoms with Crippen LogP contribution in [0.25, 0.3) is 0 Å². The minimum Gasteiger partial charge on any atom is -0.497 e. The zero-order valence-corrected chi connectivity index (χ0v) is 23.2. The fraction of sp³-hybridized carbons (Fsp3) is 0.310. The van der Waals surface area contributed by atoms with E-state index in [1.165, 1.54) is 24.1 Å². The number of carbonyl (C=O) groups is 2. The second-order valence-electron chi connectivity index (χ2n) is 9.37. The molecule has 0 spiro atoms. The van der Waals surface area contributed by atoms with E-state index in [1.807, 2.05) is 45.0 Å². The van der Waals surface area contributed by atoms with Crippen LogP contribution in [0, 0.1) is 6.92 Å². The van der Waals surface area contributed by atoms with E-state index < -0.39 is 28.5 Å². The van der Waals surface area contributed by atoms with Gasteiger partial charge in [-0.25, -0.2) is 8.42 Å². The van der Waals surface area contributed by atoms with Gasteiger partial charge < -0.3 is 15.0 Å². The fourth-order valence-corrected chi connectivity index (χ4v) is 5.32. The molecule has 0 heterocycles. The van der Waals surface area contributed by atoms with Crippen molar-refractivity contribution in [3.63, 3.8) is 0 Å². The van der Waals surface area contributed by atoms with Crippen LogP contribution in [0.5, 0.6) is 5.75 Å². The predicted octanol–water partition coefficient (Wildman–Crippen LogP) is 4.14. The monoisotopic (exact) mass is 537 g/mol. The standard InChI is InChI=1S/C29H35N3O5S/c1-21(2)30-29(34)23(4)31(19-24-16-14-22(3)15-17-24)28(33)20-32(25-10-9-11-26(18-25)37-5)38(35,36)27-12-7-6-8-13-27/h6-18,21,23H,19-20H2,1-5H3,(H,30,34)/t23-/m1/s1. The van der Waals surface area contributed by atoms with Gasteiger partial charge in [-0.15, -0.1) is 0 Å². The summed E-state index contributed by atoms with van der Waals surface area (Å²) < 4.78 is 33.9. The number of sulfonamides is 1. The van der Waals surface area contributed by atoms with E-state index in [1.54, 1.807) is 49.4 Å². The van der Waals surface area contributed by atoms with Gasteiger partial charge in [-0.3, -0.25) is 13.9 Å². The maximum absolute atomic E-state index is 13.9. The highest BCUT2D eigenvalue weighted by molar-refractivity contribution is 7.92. The first-order valence-electron chi connectivity index (χ1n) is 12.4. The van der Waals surface area contributed by atoms with E-state index >= 15 is 0 Å². The molecule has 3 rings (SSSR count). The Hall–Kier alpha value is -3.85. The molecule has 2 amide bonds. The number of hydrogen-bond acceptors (Lipinski definition) is 5. The van der Waals surface area contributed by atoms with Crippen molar-refractivity contribution in [2.75, 3.05) is 18.0 Å². The summed E-state index contributed by atoms with van der Waals surface area (Å²) in [6.07, 6.45) is 0. The lowest BCUT2D eigenvalue weighted by atomic mass is 10.1. The van der Waals surface area contributed by atoms with E-state index in [4.69, 9.17) is 4.74 Å². The molecule has 1 N–H and O–H groups in total. The second-order valence-corrected chi connectivity index (χ2v) is 11.2. The number of nitrogens with one attached hydrogen (secondary N) is 1. The number of carbonyl (C=O) groups excluding carboxylic acids is 2. The minimum absolute atomic E-state index is 0.0475. The summed E-state index contributed by atoms with van der Waals surface area (Å²) in [7, 11) is -2.64. The summed E-state index contributed by atoms with van der Waals surface area (Å²) >= 11 is 0. The number of rotatable bonds is 11. The normalized spacial score (nSPS) is 12.1. The van der Waals surface area contributed by atoms with E-state index in [2.05, 4.69) is 5.32 Å². The molecule has 0 aliphatic heterocycles. The first-order valence-corrected chi connectivity index (χ1v) is 13.8. The van der Waals surface area contributed by atoms with Gasteiger partial charge in [0.25, 0.3) is 10.0 Å². The lowest BCUT2D eigenvalue weighted by Gasteiger charge is -2.32. The molecule has 3 aromatic rings. The van der Waals surface area contributed by atoms with Gasteiger partial charge in [0, 0.05) is 18.7 Å². The zero-order chi connectivity index (χ0) is 27.9. The Morgan fingerprint density at radius 2 is 1.58 bits per heavy atom. The predicted molar refractivity (Wildman–Crippen MR) is 148 cm³/mol. The van der Waals surface area contributed by atoms with E-state index in [0.717, 1.165) is 15.4 Å². The average Bonchev–Trinajstić information content (AvgIpc) is 2.90. The first kappa shape index (κ1) is 28.7. The number of anilines is 1. The van der Waals surface area contributed by atoms with Crippen molar-refractivity contribution >= 4 is 27.5 Å². The van der Waals surface area contributed by atoms with Gasteiger partial charge >= 0.3 is 0 Å². The molecule has 3 aromatic carbocycles. The number of methoxy groups -OCH3 is 1. The van der Waals surface area contributed by atoms with E-state index in [0.29, 0.717) is 5.75 Å². The Kier molecular flexibility index (Phi) is 9.52. The Morgan fingerprint density at radius 1 is 0.921 bits per heavy atom. The van der Waals surface area contributed by atoms with Gasteiger partial charge in [0.2, 0.25) is 11.8 Å². The van der Waals surface area contributed by atoms with Gasteiger partial charge in [-0.05, 0) is 57.5 Å². The Bertz CT molecular complexity index is 1340. The highest BCUT2D eigenvalue weighted by Crippen LogP contribution is 2.27. The molecule has 0 aliphatic carbocycles. The lowest BCUT2D eigenvalue weighted by Crippen LogP contribution is -2.52. The van der Waals surface area contributed by atoms with Gasteiger partial charge in [0.15, 0.2) is 0 Å². The van der Waals surface area contributed by atoms with Crippen LogP contribution in [0.2, 0.25) is 0 Å². The van der Waals surface area contributed by atoms with Crippen LogP contribution in [-0.4, -0.2) is 50.9 Å². The van der Waals surface area contributed by atoms with Crippen LogP contribution in [0.15, 0.2) is 83.8 Å². The third kappa shape index (κ3) is 7.13. The molecular weight excluding hydrogens is 502 g/mol. The summed E-state index contributed by atoms with van der Waals surface area (Å²) in [5.41, 5.74) is 2.17. The summed E-state index contributed by atoms with van der Waals surface area (Å²) in [6, 6.07) is 21.2. The Balaban J connectivity index is 2.03. The summed E-state index contributed by atoms with van der Waals surface area (Å²) in [6.45, 7) is 6.93. The van der Waals surface area contributed by atoms with Crippen LogP contribution >= 0.6 is 0 Å². The molecule has 0 aromatic heterocycles. The summed E-state index contributed by atoms with van der Waals surface area (Å²) in [4.78, 5) is 28.3. The molecule has 0 bridgehead atoms. The van der Waals surface area contributed by atoms with Crippen molar-refractivity contribution in [3.05, 3.63) is 90.0 Å². The topological polar surface area (TPSA) is 96.0 Å². The largest absolute Gasteiger partial charge is 0.497 e. The van der Waals surface area contributed by atoms with E-state index in [9.17, 15) is 18.0 Å². The number of benzene rings is 3. The highest BCUT2D eigenvalue weighted by Gasteiger charge is 2.32. The molecular formula is C29H35N3O5S.